The molecule has 36 heavy (non-hydrogen) atoms. The Kier molecular flexibility index (Phi) is 7.36. The Morgan fingerprint density at radius 3 is 2.44 bits per heavy atom. The normalized spacial score (nSPS) is 31.8. The molecule has 0 radical (unpaired) electrons. The zero-order chi connectivity index (χ0) is 26.4. The second-order valence-corrected chi connectivity index (χ2v) is 12.8. The highest BCUT2D eigenvalue weighted by Crippen LogP contribution is 2.68. The van der Waals surface area contributed by atoms with E-state index in [0.717, 1.165) is 12.2 Å². The van der Waals surface area contributed by atoms with Gasteiger partial charge in [0.25, 0.3) is 0 Å². The van der Waals surface area contributed by atoms with Gasteiger partial charge >= 0.3 is 0 Å². The number of likely N-dealkylation sites (tertiary alicyclic amines) is 1. The SMILES string of the molecule is CCOc1ccc(NC(=O)[C@@H]2[C@H]3C(=O)N([C@@H](CC)CO)C(C(=O)NC(C)(C)C)C34S[C@@H]2CC4C)cc1. The average Bonchev–Trinajstić information content (AvgIpc) is 3.39. The minimum absolute atomic E-state index is 0.0436. The van der Waals surface area contributed by atoms with Crippen LogP contribution in [0.2, 0.25) is 0 Å². The topological polar surface area (TPSA) is 108 Å². The number of fused-ring (bicyclic) bond motifs is 1. The van der Waals surface area contributed by atoms with E-state index in [0.29, 0.717) is 18.7 Å². The van der Waals surface area contributed by atoms with Crippen LogP contribution in [0.5, 0.6) is 5.75 Å². The smallest absolute Gasteiger partial charge is 0.244 e. The molecule has 0 aromatic heterocycles. The van der Waals surface area contributed by atoms with E-state index >= 15 is 0 Å². The molecule has 2 bridgehead atoms. The van der Waals surface area contributed by atoms with Crippen molar-refractivity contribution in [3.63, 3.8) is 0 Å². The third-order valence-electron chi connectivity index (χ3n) is 7.74. The maximum atomic E-state index is 14.1. The minimum atomic E-state index is -0.736. The van der Waals surface area contributed by atoms with E-state index < -0.39 is 34.2 Å². The Labute approximate surface area is 217 Å². The van der Waals surface area contributed by atoms with Gasteiger partial charge in [0.15, 0.2) is 0 Å². The van der Waals surface area contributed by atoms with Crippen LogP contribution in [0.3, 0.4) is 0 Å². The molecule has 198 valence electrons. The highest BCUT2D eigenvalue weighted by Gasteiger charge is 2.76. The highest BCUT2D eigenvalue weighted by molar-refractivity contribution is 8.02. The van der Waals surface area contributed by atoms with E-state index in [2.05, 4.69) is 17.6 Å². The van der Waals surface area contributed by atoms with Crippen molar-refractivity contribution in [3.05, 3.63) is 24.3 Å². The number of nitrogens with zero attached hydrogens (tertiary/aromatic N) is 1. The first-order valence-corrected chi connectivity index (χ1v) is 13.8. The summed E-state index contributed by atoms with van der Waals surface area (Å²) in [6.45, 7) is 12.0. The first kappa shape index (κ1) is 26.8. The molecule has 3 N–H and O–H groups in total. The molecule has 3 amide bonds. The van der Waals surface area contributed by atoms with Gasteiger partial charge in [-0.1, -0.05) is 13.8 Å². The number of aliphatic hydroxyl groups is 1. The van der Waals surface area contributed by atoms with E-state index in [4.69, 9.17) is 4.74 Å². The lowest BCUT2D eigenvalue weighted by molar-refractivity contribution is -0.142. The van der Waals surface area contributed by atoms with Gasteiger partial charge in [0, 0.05) is 16.5 Å². The number of hydrogen-bond donors (Lipinski definition) is 3. The molecule has 3 aliphatic rings. The van der Waals surface area contributed by atoms with Gasteiger partial charge in [-0.2, -0.15) is 0 Å². The quantitative estimate of drug-likeness (QED) is 0.489. The van der Waals surface area contributed by atoms with Gasteiger partial charge in [-0.3, -0.25) is 14.4 Å². The number of amides is 3. The van der Waals surface area contributed by atoms with Crippen LogP contribution in [-0.2, 0) is 14.4 Å². The van der Waals surface area contributed by atoms with E-state index in [1.54, 1.807) is 40.9 Å². The number of hydrogen-bond acceptors (Lipinski definition) is 6. The van der Waals surface area contributed by atoms with Crippen LogP contribution in [-0.4, -0.2) is 68.6 Å². The predicted octanol–water partition coefficient (Wildman–Crippen LogP) is 3.05. The third-order valence-corrected chi connectivity index (χ3v) is 9.82. The van der Waals surface area contributed by atoms with Crippen LogP contribution in [0.4, 0.5) is 5.69 Å². The Bertz CT molecular complexity index is 1010. The molecule has 4 rings (SSSR count). The maximum absolute atomic E-state index is 14.1. The molecule has 9 heteroatoms. The van der Waals surface area contributed by atoms with E-state index in [-0.39, 0.29) is 35.5 Å². The number of carbonyl (C=O) groups is 3. The first-order valence-electron chi connectivity index (χ1n) is 12.9. The summed E-state index contributed by atoms with van der Waals surface area (Å²) in [5, 5.41) is 16.2. The molecule has 3 aliphatic heterocycles. The molecular formula is C27H39N3O5S. The molecule has 0 saturated carbocycles. The number of rotatable bonds is 8. The van der Waals surface area contributed by atoms with Gasteiger partial charge in [0.1, 0.15) is 11.8 Å². The predicted molar refractivity (Wildman–Crippen MR) is 141 cm³/mol. The lowest BCUT2D eigenvalue weighted by atomic mass is 9.65. The summed E-state index contributed by atoms with van der Waals surface area (Å²) in [6.07, 6.45) is 1.29. The van der Waals surface area contributed by atoms with E-state index in [9.17, 15) is 19.5 Å². The summed E-state index contributed by atoms with van der Waals surface area (Å²) in [5.74, 6) is -0.962. The van der Waals surface area contributed by atoms with Crippen LogP contribution >= 0.6 is 11.8 Å². The van der Waals surface area contributed by atoms with Gasteiger partial charge in [0.2, 0.25) is 17.7 Å². The molecule has 3 unspecified atom stereocenters. The van der Waals surface area contributed by atoms with Gasteiger partial charge in [-0.25, -0.2) is 0 Å². The largest absolute Gasteiger partial charge is 0.494 e. The molecule has 1 aromatic rings. The van der Waals surface area contributed by atoms with Crippen molar-refractivity contribution in [3.8, 4) is 5.75 Å². The Hall–Kier alpha value is -2.26. The summed E-state index contributed by atoms with van der Waals surface area (Å²) in [7, 11) is 0. The van der Waals surface area contributed by atoms with Crippen molar-refractivity contribution in [2.24, 2.45) is 17.8 Å². The summed E-state index contributed by atoms with van der Waals surface area (Å²) < 4.78 is 4.78. The number of aliphatic hydroxyl groups excluding tert-OH is 1. The van der Waals surface area contributed by atoms with Crippen molar-refractivity contribution in [2.75, 3.05) is 18.5 Å². The van der Waals surface area contributed by atoms with Gasteiger partial charge in [-0.05, 0) is 70.7 Å². The van der Waals surface area contributed by atoms with Gasteiger partial charge < -0.3 is 25.4 Å². The Morgan fingerprint density at radius 1 is 1.22 bits per heavy atom. The molecule has 0 aliphatic carbocycles. The van der Waals surface area contributed by atoms with Gasteiger partial charge in [0.05, 0.1) is 35.8 Å². The molecule has 3 heterocycles. The van der Waals surface area contributed by atoms with Crippen LogP contribution in [0, 0.1) is 17.8 Å². The highest BCUT2D eigenvalue weighted by atomic mass is 32.2. The number of carbonyl (C=O) groups excluding carboxylic acids is 3. The molecule has 3 fully saturated rings. The van der Waals surface area contributed by atoms with Crippen LogP contribution in [0.25, 0.3) is 0 Å². The van der Waals surface area contributed by atoms with E-state index in [1.807, 2.05) is 34.6 Å². The van der Waals surface area contributed by atoms with Gasteiger partial charge in [-0.15, -0.1) is 11.8 Å². The zero-order valence-electron chi connectivity index (χ0n) is 22.0. The van der Waals surface area contributed by atoms with Crippen LogP contribution in [0.1, 0.15) is 54.4 Å². The second-order valence-electron chi connectivity index (χ2n) is 11.2. The Morgan fingerprint density at radius 2 is 1.89 bits per heavy atom. The van der Waals surface area contributed by atoms with Crippen molar-refractivity contribution < 1.29 is 24.2 Å². The summed E-state index contributed by atoms with van der Waals surface area (Å²) in [4.78, 5) is 43.1. The van der Waals surface area contributed by atoms with Crippen LogP contribution < -0.4 is 15.4 Å². The van der Waals surface area contributed by atoms with Crippen molar-refractivity contribution in [1.29, 1.82) is 0 Å². The molecule has 3 saturated heterocycles. The second kappa shape index (κ2) is 9.89. The van der Waals surface area contributed by atoms with E-state index in [1.165, 1.54) is 0 Å². The van der Waals surface area contributed by atoms with Crippen molar-refractivity contribution >= 4 is 35.2 Å². The summed E-state index contributed by atoms with van der Waals surface area (Å²) in [6, 6.07) is 5.99. The number of benzene rings is 1. The number of anilines is 1. The standard InChI is InChI=1S/C27H39N3O5S/c1-7-17(14-31)30-22(24(33)29-26(4,5)6)27-15(3)13-19(36-27)20(21(27)25(30)34)23(32)28-16-9-11-18(12-10-16)35-8-2/h9-12,15,17,19-22,31H,7-8,13-14H2,1-6H3,(H,28,32)(H,29,33)/t15?,17-,19+,20-,21-,22?,27?/m0/s1. The summed E-state index contributed by atoms with van der Waals surface area (Å²) >= 11 is 1.64. The van der Waals surface area contributed by atoms with Crippen molar-refractivity contribution in [2.45, 2.75) is 82.0 Å². The fourth-order valence-corrected chi connectivity index (χ4v) is 8.74. The fourth-order valence-electron chi connectivity index (χ4n) is 6.33. The first-order chi connectivity index (χ1) is 17.0. The Balaban J connectivity index is 1.69. The zero-order valence-corrected chi connectivity index (χ0v) is 22.9. The maximum Gasteiger partial charge on any atom is 0.244 e. The monoisotopic (exact) mass is 517 g/mol. The fraction of sp³-hybridized carbons (Fsp3) is 0.667. The molecule has 8 nitrogen and oxygen atoms in total. The lowest BCUT2D eigenvalue weighted by Gasteiger charge is -2.41. The number of thioether (sulfide) groups is 1. The van der Waals surface area contributed by atoms with Crippen LogP contribution in [0.15, 0.2) is 24.3 Å². The summed E-state index contributed by atoms with van der Waals surface area (Å²) in [5.41, 5.74) is 0.167. The minimum Gasteiger partial charge on any atom is -0.494 e. The molecule has 7 atom stereocenters. The number of nitrogens with one attached hydrogen (secondary N) is 2. The molecule has 1 aromatic carbocycles. The number of ether oxygens (including phenoxy) is 1. The van der Waals surface area contributed by atoms with Crippen molar-refractivity contribution in [1.82, 2.24) is 10.2 Å². The lowest BCUT2D eigenvalue weighted by Crippen LogP contribution is -2.60. The molecular weight excluding hydrogens is 478 g/mol. The third kappa shape index (κ3) is 4.38. The molecule has 1 spiro atoms. The average molecular weight is 518 g/mol.